The minimum Gasteiger partial charge on any atom is -0.322 e. The van der Waals surface area contributed by atoms with E-state index in [1.165, 1.54) is 0 Å². The van der Waals surface area contributed by atoms with Gasteiger partial charge in [0.25, 0.3) is 0 Å². The first kappa shape index (κ1) is 14.9. The lowest BCUT2D eigenvalue weighted by Crippen LogP contribution is -2.49. The molecular weight excluding hydrogens is 274 g/mol. The minimum absolute atomic E-state index is 0.0475. The predicted octanol–water partition coefficient (Wildman–Crippen LogP) is 2.98. The molecule has 1 aliphatic heterocycles. The summed E-state index contributed by atoms with van der Waals surface area (Å²) in [5.41, 5.74) is 1.78. The average molecular weight is 294 g/mol. The molecule has 0 bridgehead atoms. The van der Waals surface area contributed by atoms with Crippen LogP contribution in [0.4, 0.5) is 10.5 Å². The second-order valence-electron chi connectivity index (χ2n) is 4.97. The Morgan fingerprint density at radius 3 is 2.70 bits per heavy atom. The van der Waals surface area contributed by atoms with Crippen LogP contribution in [0.5, 0.6) is 0 Å². The molecule has 1 saturated heterocycles. The highest BCUT2D eigenvalue weighted by Gasteiger charge is 2.20. The molecule has 1 aromatic carbocycles. The van der Waals surface area contributed by atoms with Gasteiger partial charge in [-0.3, -0.25) is 4.90 Å². The van der Waals surface area contributed by atoms with Gasteiger partial charge in [0.05, 0.1) is 0 Å². The maximum Gasteiger partial charge on any atom is 0.321 e. The van der Waals surface area contributed by atoms with Crippen molar-refractivity contribution in [1.29, 1.82) is 0 Å². The zero-order valence-electron chi connectivity index (χ0n) is 11.7. The smallest absolute Gasteiger partial charge is 0.321 e. The standard InChI is InChI=1S/C15H20ClN3O/c1-3-6-18-7-9-19(10-8-18)15(20)17-14-5-4-13(16)11-12(14)2/h3-5,11H,1,6-10H2,2H3,(H,17,20). The van der Waals surface area contributed by atoms with E-state index >= 15 is 0 Å². The van der Waals surface area contributed by atoms with Crippen LogP contribution in [0.15, 0.2) is 30.9 Å². The van der Waals surface area contributed by atoms with E-state index < -0.39 is 0 Å². The molecule has 2 amide bonds. The fraction of sp³-hybridized carbons (Fsp3) is 0.400. The van der Waals surface area contributed by atoms with Gasteiger partial charge in [0.2, 0.25) is 0 Å². The largest absolute Gasteiger partial charge is 0.322 e. The monoisotopic (exact) mass is 293 g/mol. The molecule has 0 saturated carbocycles. The van der Waals surface area contributed by atoms with E-state index in [0.717, 1.165) is 44.0 Å². The number of carbonyl (C=O) groups is 1. The highest BCUT2D eigenvalue weighted by Crippen LogP contribution is 2.20. The number of aryl methyl sites for hydroxylation is 1. The van der Waals surface area contributed by atoms with E-state index in [-0.39, 0.29) is 6.03 Å². The van der Waals surface area contributed by atoms with E-state index in [0.29, 0.717) is 5.02 Å². The molecule has 0 aromatic heterocycles. The molecule has 1 N–H and O–H groups in total. The average Bonchev–Trinajstić information content (AvgIpc) is 2.43. The summed E-state index contributed by atoms with van der Waals surface area (Å²) in [5.74, 6) is 0. The molecule has 1 aromatic rings. The molecule has 5 heteroatoms. The van der Waals surface area contributed by atoms with Crippen LogP contribution < -0.4 is 5.32 Å². The van der Waals surface area contributed by atoms with Gasteiger partial charge in [0.1, 0.15) is 0 Å². The molecule has 2 rings (SSSR count). The van der Waals surface area contributed by atoms with Gasteiger partial charge in [-0.1, -0.05) is 17.7 Å². The van der Waals surface area contributed by atoms with Crippen molar-refractivity contribution in [2.45, 2.75) is 6.92 Å². The summed E-state index contributed by atoms with van der Waals surface area (Å²) >= 11 is 5.91. The maximum absolute atomic E-state index is 12.2. The van der Waals surface area contributed by atoms with Crippen molar-refractivity contribution in [3.8, 4) is 0 Å². The summed E-state index contributed by atoms with van der Waals surface area (Å²) in [6.07, 6.45) is 1.90. The Bertz CT molecular complexity index is 496. The van der Waals surface area contributed by atoms with Crippen LogP contribution in [-0.2, 0) is 0 Å². The summed E-state index contributed by atoms with van der Waals surface area (Å²) in [4.78, 5) is 16.3. The van der Waals surface area contributed by atoms with Crippen molar-refractivity contribution in [2.24, 2.45) is 0 Å². The van der Waals surface area contributed by atoms with Gasteiger partial charge in [-0.05, 0) is 30.7 Å². The molecule has 0 unspecified atom stereocenters. The third-order valence-corrected chi connectivity index (χ3v) is 3.71. The summed E-state index contributed by atoms with van der Waals surface area (Å²) in [5, 5.41) is 3.62. The Morgan fingerprint density at radius 1 is 1.40 bits per heavy atom. The van der Waals surface area contributed by atoms with Crippen LogP contribution in [0.25, 0.3) is 0 Å². The summed E-state index contributed by atoms with van der Waals surface area (Å²) in [6.45, 7) is 9.81. The van der Waals surface area contributed by atoms with Gasteiger partial charge in [0, 0.05) is 43.4 Å². The summed E-state index contributed by atoms with van der Waals surface area (Å²) in [6, 6.07) is 5.42. The van der Waals surface area contributed by atoms with E-state index in [1.54, 1.807) is 6.07 Å². The van der Waals surface area contributed by atoms with Crippen LogP contribution in [0.3, 0.4) is 0 Å². The Hall–Kier alpha value is -1.52. The number of benzene rings is 1. The zero-order valence-corrected chi connectivity index (χ0v) is 12.5. The van der Waals surface area contributed by atoms with Gasteiger partial charge in [-0.2, -0.15) is 0 Å². The lowest BCUT2D eigenvalue weighted by atomic mass is 10.2. The number of nitrogens with one attached hydrogen (secondary N) is 1. The molecular formula is C15H20ClN3O. The van der Waals surface area contributed by atoms with Gasteiger partial charge >= 0.3 is 6.03 Å². The van der Waals surface area contributed by atoms with Gasteiger partial charge < -0.3 is 10.2 Å². The van der Waals surface area contributed by atoms with Crippen LogP contribution >= 0.6 is 11.6 Å². The fourth-order valence-electron chi connectivity index (χ4n) is 2.28. The van der Waals surface area contributed by atoms with E-state index in [4.69, 9.17) is 11.6 Å². The molecule has 20 heavy (non-hydrogen) atoms. The first-order valence-electron chi connectivity index (χ1n) is 6.75. The van der Waals surface area contributed by atoms with Crippen LogP contribution in [0, 0.1) is 6.92 Å². The molecule has 0 aliphatic carbocycles. The number of anilines is 1. The van der Waals surface area contributed by atoms with Crippen molar-refractivity contribution in [1.82, 2.24) is 9.80 Å². The molecule has 0 atom stereocenters. The van der Waals surface area contributed by atoms with Gasteiger partial charge in [-0.25, -0.2) is 4.79 Å². The van der Waals surface area contributed by atoms with Crippen LogP contribution in [-0.4, -0.2) is 48.6 Å². The predicted molar refractivity (Wildman–Crippen MR) is 83.4 cm³/mol. The molecule has 1 heterocycles. The topological polar surface area (TPSA) is 35.6 Å². The van der Waals surface area contributed by atoms with Gasteiger partial charge in [0.15, 0.2) is 0 Å². The Balaban J connectivity index is 1.91. The Kier molecular flexibility index (Phi) is 5.04. The highest BCUT2D eigenvalue weighted by atomic mass is 35.5. The minimum atomic E-state index is -0.0475. The number of halogens is 1. The first-order chi connectivity index (χ1) is 9.60. The maximum atomic E-state index is 12.2. The molecule has 0 spiro atoms. The fourth-order valence-corrected chi connectivity index (χ4v) is 2.50. The van der Waals surface area contributed by atoms with Crippen molar-refractivity contribution < 1.29 is 4.79 Å². The first-order valence-corrected chi connectivity index (χ1v) is 7.13. The Labute approximate surface area is 125 Å². The van der Waals surface area contributed by atoms with Crippen LogP contribution in [0.2, 0.25) is 5.02 Å². The van der Waals surface area contributed by atoms with E-state index in [9.17, 15) is 4.79 Å². The number of rotatable bonds is 3. The number of amides is 2. The van der Waals surface area contributed by atoms with Crippen molar-refractivity contribution in [3.63, 3.8) is 0 Å². The molecule has 108 valence electrons. The molecule has 1 aliphatic rings. The van der Waals surface area contributed by atoms with Crippen molar-refractivity contribution in [3.05, 3.63) is 41.4 Å². The zero-order chi connectivity index (χ0) is 14.5. The van der Waals surface area contributed by atoms with Gasteiger partial charge in [-0.15, -0.1) is 6.58 Å². The number of hydrogen-bond acceptors (Lipinski definition) is 2. The number of hydrogen-bond donors (Lipinski definition) is 1. The lowest BCUT2D eigenvalue weighted by Gasteiger charge is -2.34. The number of urea groups is 1. The molecule has 4 nitrogen and oxygen atoms in total. The molecule has 1 fully saturated rings. The number of piperazine rings is 1. The molecule has 0 radical (unpaired) electrons. The summed E-state index contributed by atoms with van der Waals surface area (Å²) in [7, 11) is 0. The quantitative estimate of drug-likeness (QED) is 0.870. The van der Waals surface area contributed by atoms with Crippen molar-refractivity contribution >= 4 is 23.3 Å². The number of nitrogens with zero attached hydrogens (tertiary/aromatic N) is 2. The van der Waals surface area contributed by atoms with Crippen molar-refractivity contribution in [2.75, 3.05) is 38.0 Å². The lowest BCUT2D eigenvalue weighted by molar-refractivity contribution is 0.156. The third kappa shape index (κ3) is 3.74. The SMILES string of the molecule is C=CCN1CCN(C(=O)Nc2ccc(Cl)cc2C)CC1. The summed E-state index contributed by atoms with van der Waals surface area (Å²) < 4.78 is 0. The second kappa shape index (κ2) is 6.77. The number of carbonyl (C=O) groups excluding carboxylic acids is 1. The van der Waals surface area contributed by atoms with E-state index in [2.05, 4.69) is 16.8 Å². The Morgan fingerprint density at radius 2 is 2.10 bits per heavy atom. The van der Waals surface area contributed by atoms with E-state index in [1.807, 2.05) is 30.0 Å². The normalized spacial score (nSPS) is 16.0. The second-order valence-corrected chi connectivity index (χ2v) is 5.40. The third-order valence-electron chi connectivity index (χ3n) is 3.48. The highest BCUT2D eigenvalue weighted by molar-refractivity contribution is 6.30. The van der Waals surface area contributed by atoms with Crippen LogP contribution in [0.1, 0.15) is 5.56 Å².